The molecule has 0 bridgehead atoms. The summed E-state index contributed by atoms with van der Waals surface area (Å²) in [6.07, 6.45) is 7.50. The lowest BCUT2D eigenvalue weighted by molar-refractivity contribution is 0.392. The highest BCUT2D eigenvalue weighted by atomic mass is 15.1. The standard InChI is InChI=1S/C11H17N/c1-4-12(5-2)11-8-6-10(3)7-9-11/h6,8-9H,3-5,7H2,1-2H3. The molecule has 0 saturated carbocycles. The fraction of sp³-hybridized carbons (Fsp3) is 0.455. The molecule has 0 unspecified atom stereocenters. The summed E-state index contributed by atoms with van der Waals surface area (Å²) in [5.74, 6) is 0. The van der Waals surface area contributed by atoms with Crippen LogP contribution in [0.1, 0.15) is 20.3 Å². The van der Waals surface area contributed by atoms with Crippen LogP contribution in [-0.4, -0.2) is 18.0 Å². The van der Waals surface area contributed by atoms with Gasteiger partial charge in [0.1, 0.15) is 0 Å². The van der Waals surface area contributed by atoms with Gasteiger partial charge in [0.15, 0.2) is 0 Å². The number of nitrogens with zero attached hydrogens (tertiary/aromatic N) is 1. The Hall–Kier alpha value is -0.980. The highest BCUT2D eigenvalue weighted by molar-refractivity contribution is 5.33. The average molecular weight is 163 g/mol. The van der Waals surface area contributed by atoms with Crippen molar-refractivity contribution >= 4 is 0 Å². The van der Waals surface area contributed by atoms with E-state index in [1.54, 1.807) is 0 Å². The lowest BCUT2D eigenvalue weighted by Crippen LogP contribution is -2.21. The first-order valence-corrected chi connectivity index (χ1v) is 4.58. The zero-order chi connectivity index (χ0) is 8.97. The summed E-state index contributed by atoms with van der Waals surface area (Å²) in [7, 11) is 0. The van der Waals surface area contributed by atoms with Crippen molar-refractivity contribution in [2.45, 2.75) is 20.3 Å². The van der Waals surface area contributed by atoms with E-state index in [0.29, 0.717) is 0 Å². The summed E-state index contributed by atoms with van der Waals surface area (Å²) in [6.45, 7) is 10.4. The predicted octanol–water partition coefficient (Wildman–Crippen LogP) is 2.73. The third kappa shape index (κ3) is 2.00. The minimum atomic E-state index is 1.00. The van der Waals surface area contributed by atoms with Crippen molar-refractivity contribution < 1.29 is 0 Å². The van der Waals surface area contributed by atoms with Gasteiger partial charge in [0.05, 0.1) is 0 Å². The summed E-state index contributed by atoms with van der Waals surface area (Å²) >= 11 is 0. The van der Waals surface area contributed by atoms with Crippen molar-refractivity contribution in [1.29, 1.82) is 0 Å². The molecule has 0 atom stereocenters. The summed E-state index contributed by atoms with van der Waals surface area (Å²) < 4.78 is 0. The van der Waals surface area contributed by atoms with Crippen LogP contribution in [0.15, 0.2) is 36.1 Å². The molecule has 0 heterocycles. The van der Waals surface area contributed by atoms with Crippen LogP contribution in [0.2, 0.25) is 0 Å². The van der Waals surface area contributed by atoms with E-state index in [1.807, 2.05) is 0 Å². The summed E-state index contributed by atoms with van der Waals surface area (Å²) in [4.78, 5) is 2.35. The molecule has 66 valence electrons. The Balaban J connectivity index is 2.64. The van der Waals surface area contributed by atoms with Gasteiger partial charge in [-0.15, -0.1) is 0 Å². The number of allylic oxidation sites excluding steroid dienone is 4. The third-order valence-corrected chi connectivity index (χ3v) is 2.19. The first kappa shape index (κ1) is 9.11. The highest BCUT2D eigenvalue weighted by Gasteiger charge is 2.04. The highest BCUT2D eigenvalue weighted by Crippen LogP contribution is 2.16. The van der Waals surface area contributed by atoms with Crippen LogP contribution < -0.4 is 0 Å². The van der Waals surface area contributed by atoms with Gasteiger partial charge in [-0.3, -0.25) is 0 Å². The summed E-state index contributed by atoms with van der Waals surface area (Å²) in [5.41, 5.74) is 2.54. The van der Waals surface area contributed by atoms with Crippen molar-refractivity contribution in [2.75, 3.05) is 13.1 Å². The van der Waals surface area contributed by atoms with Gasteiger partial charge in [-0.25, -0.2) is 0 Å². The van der Waals surface area contributed by atoms with Gasteiger partial charge in [0, 0.05) is 18.8 Å². The molecule has 1 rings (SSSR count). The Morgan fingerprint density at radius 2 is 2.00 bits per heavy atom. The molecule has 0 aromatic carbocycles. The molecule has 1 aliphatic rings. The Kier molecular flexibility index (Phi) is 3.15. The molecule has 1 nitrogen and oxygen atoms in total. The van der Waals surface area contributed by atoms with Gasteiger partial charge in [-0.05, 0) is 26.3 Å². The topological polar surface area (TPSA) is 3.24 Å². The largest absolute Gasteiger partial charge is 0.372 e. The summed E-state index contributed by atoms with van der Waals surface area (Å²) in [5, 5.41) is 0. The molecule has 12 heavy (non-hydrogen) atoms. The van der Waals surface area contributed by atoms with E-state index in [2.05, 4.69) is 43.6 Å². The molecular weight excluding hydrogens is 146 g/mol. The van der Waals surface area contributed by atoms with E-state index in [-0.39, 0.29) is 0 Å². The van der Waals surface area contributed by atoms with Gasteiger partial charge >= 0.3 is 0 Å². The summed E-state index contributed by atoms with van der Waals surface area (Å²) in [6, 6.07) is 0. The van der Waals surface area contributed by atoms with Crippen molar-refractivity contribution in [2.24, 2.45) is 0 Å². The minimum absolute atomic E-state index is 1.00. The molecule has 0 fully saturated rings. The maximum absolute atomic E-state index is 3.91. The Morgan fingerprint density at radius 3 is 2.42 bits per heavy atom. The molecular formula is C11H17N. The fourth-order valence-corrected chi connectivity index (χ4v) is 1.40. The van der Waals surface area contributed by atoms with Crippen molar-refractivity contribution in [3.8, 4) is 0 Å². The first-order valence-electron chi connectivity index (χ1n) is 4.58. The van der Waals surface area contributed by atoms with Crippen LogP contribution >= 0.6 is 0 Å². The molecule has 0 aromatic rings. The molecule has 0 N–H and O–H groups in total. The van der Waals surface area contributed by atoms with Crippen LogP contribution in [0.25, 0.3) is 0 Å². The van der Waals surface area contributed by atoms with E-state index in [4.69, 9.17) is 0 Å². The second-order valence-corrected chi connectivity index (χ2v) is 3.00. The molecule has 1 heteroatoms. The monoisotopic (exact) mass is 163 g/mol. The number of rotatable bonds is 3. The molecule has 0 radical (unpaired) electrons. The quantitative estimate of drug-likeness (QED) is 0.618. The van der Waals surface area contributed by atoms with E-state index in [9.17, 15) is 0 Å². The normalized spacial score (nSPS) is 16.2. The van der Waals surface area contributed by atoms with Gasteiger partial charge in [-0.1, -0.05) is 24.3 Å². The molecule has 0 aliphatic heterocycles. The van der Waals surface area contributed by atoms with Gasteiger partial charge in [0.25, 0.3) is 0 Å². The van der Waals surface area contributed by atoms with Crippen molar-refractivity contribution in [3.63, 3.8) is 0 Å². The first-order chi connectivity index (χ1) is 5.77. The maximum Gasteiger partial charge on any atom is 0.0328 e. The molecule has 0 amide bonds. The second-order valence-electron chi connectivity index (χ2n) is 3.00. The second kappa shape index (κ2) is 4.15. The van der Waals surface area contributed by atoms with Crippen molar-refractivity contribution in [1.82, 2.24) is 4.90 Å². The third-order valence-electron chi connectivity index (χ3n) is 2.19. The molecule has 1 aliphatic carbocycles. The van der Waals surface area contributed by atoms with Crippen LogP contribution in [0.4, 0.5) is 0 Å². The zero-order valence-corrected chi connectivity index (χ0v) is 8.01. The lowest BCUT2D eigenvalue weighted by Gasteiger charge is -2.24. The van der Waals surface area contributed by atoms with Gasteiger partial charge < -0.3 is 4.90 Å². The van der Waals surface area contributed by atoms with Crippen LogP contribution in [0, 0.1) is 0 Å². The van der Waals surface area contributed by atoms with Gasteiger partial charge in [0.2, 0.25) is 0 Å². The predicted molar refractivity (Wildman–Crippen MR) is 53.9 cm³/mol. The molecule has 0 aromatic heterocycles. The molecule has 0 saturated heterocycles. The average Bonchev–Trinajstić information content (AvgIpc) is 2.10. The van der Waals surface area contributed by atoms with E-state index >= 15 is 0 Å². The minimum Gasteiger partial charge on any atom is -0.372 e. The van der Waals surface area contributed by atoms with E-state index in [0.717, 1.165) is 19.5 Å². The Bertz CT molecular complexity index is 219. The van der Waals surface area contributed by atoms with Gasteiger partial charge in [-0.2, -0.15) is 0 Å². The maximum atomic E-state index is 3.91. The van der Waals surface area contributed by atoms with E-state index in [1.165, 1.54) is 11.3 Å². The Labute approximate surface area is 75.1 Å². The SMILES string of the molecule is C=C1C=CC(N(CC)CC)=CC1. The number of likely N-dealkylation sites (N-methyl/N-ethyl adjacent to an activating group) is 1. The van der Waals surface area contributed by atoms with E-state index < -0.39 is 0 Å². The molecule has 0 spiro atoms. The van der Waals surface area contributed by atoms with Crippen molar-refractivity contribution in [3.05, 3.63) is 36.1 Å². The van der Waals surface area contributed by atoms with Crippen LogP contribution in [-0.2, 0) is 0 Å². The smallest absolute Gasteiger partial charge is 0.0328 e. The zero-order valence-electron chi connectivity index (χ0n) is 8.01. The number of hydrogen-bond acceptors (Lipinski definition) is 1. The number of hydrogen-bond donors (Lipinski definition) is 0. The Morgan fingerprint density at radius 1 is 1.33 bits per heavy atom. The van der Waals surface area contributed by atoms with Crippen LogP contribution in [0.3, 0.4) is 0 Å². The van der Waals surface area contributed by atoms with Crippen LogP contribution in [0.5, 0.6) is 0 Å². The lowest BCUT2D eigenvalue weighted by atomic mass is 10.1. The fourth-order valence-electron chi connectivity index (χ4n) is 1.40.